The van der Waals surface area contributed by atoms with E-state index in [1.54, 1.807) is 24.0 Å². The van der Waals surface area contributed by atoms with Crippen molar-refractivity contribution >= 4 is 17.1 Å². The van der Waals surface area contributed by atoms with Gasteiger partial charge in [0.1, 0.15) is 5.52 Å². The second-order valence-corrected chi connectivity index (χ2v) is 7.50. The van der Waals surface area contributed by atoms with E-state index in [-0.39, 0.29) is 5.91 Å². The van der Waals surface area contributed by atoms with E-state index in [9.17, 15) is 4.79 Å². The molecule has 2 aromatic heterocycles. The van der Waals surface area contributed by atoms with E-state index in [1.165, 1.54) is 17.5 Å². The Labute approximate surface area is 159 Å². The largest absolute Gasteiger partial charge is 0.338 e. The van der Waals surface area contributed by atoms with E-state index in [1.807, 2.05) is 4.90 Å². The highest BCUT2D eigenvalue weighted by atomic mass is 16.2. The molecule has 1 aliphatic rings. The average molecular weight is 363 g/mol. The van der Waals surface area contributed by atoms with Gasteiger partial charge in [-0.1, -0.05) is 29.5 Å². The Hall–Kier alpha value is -2.76. The summed E-state index contributed by atoms with van der Waals surface area (Å²) < 4.78 is 1.62. The molecule has 0 bridgehead atoms. The van der Waals surface area contributed by atoms with E-state index >= 15 is 0 Å². The van der Waals surface area contributed by atoms with E-state index in [4.69, 9.17) is 0 Å². The fourth-order valence-corrected chi connectivity index (χ4v) is 3.96. The van der Waals surface area contributed by atoms with Crippen LogP contribution in [-0.4, -0.2) is 43.9 Å². The first-order valence-electron chi connectivity index (χ1n) is 9.61. The topological polar surface area (TPSA) is 63.9 Å². The molecule has 0 radical (unpaired) electrons. The van der Waals surface area contributed by atoms with Crippen LogP contribution in [0.15, 0.2) is 36.5 Å². The van der Waals surface area contributed by atoms with E-state index in [0.29, 0.717) is 22.6 Å². The number of hydrogen-bond donors (Lipinski definition) is 0. The van der Waals surface area contributed by atoms with Gasteiger partial charge in [-0.25, -0.2) is 9.67 Å². The van der Waals surface area contributed by atoms with Crippen LogP contribution < -0.4 is 0 Å². The van der Waals surface area contributed by atoms with Crippen LogP contribution in [0, 0.1) is 12.8 Å². The minimum absolute atomic E-state index is 0.0515. The van der Waals surface area contributed by atoms with Crippen LogP contribution in [0.2, 0.25) is 0 Å². The Morgan fingerprint density at radius 1 is 1.30 bits per heavy atom. The number of benzene rings is 1. The maximum atomic E-state index is 13.0. The van der Waals surface area contributed by atoms with Gasteiger partial charge in [0.2, 0.25) is 0 Å². The molecule has 1 fully saturated rings. The standard InChI is InChI=1S/C21H25N5O/c1-15-6-3-4-8-17(15)10-9-16-7-5-11-26(14-16)21(27)18-12-19-20(22-13-18)25(2)24-23-19/h3-4,6,8,12-13,16H,5,7,9-11,14H2,1-2H3/t16-/m1/s1. The minimum atomic E-state index is 0.0515. The Balaban J connectivity index is 1.42. The Bertz CT molecular complexity index is 964. The Morgan fingerprint density at radius 3 is 3.00 bits per heavy atom. The number of nitrogens with zero attached hydrogens (tertiary/aromatic N) is 5. The molecule has 0 aliphatic carbocycles. The summed E-state index contributed by atoms with van der Waals surface area (Å²) in [5, 5.41) is 8.03. The van der Waals surface area contributed by atoms with Crippen molar-refractivity contribution in [2.24, 2.45) is 13.0 Å². The van der Waals surface area contributed by atoms with E-state index < -0.39 is 0 Å². The lowest BCUT2D eigenvalue weighted by atomic mass is 9.90. The molecule has 27 heavy (non-hydrogen) atoms. The van der Waals surface area contributed by atoms with Gasteiger partial charge in [0.15, 0.2) is 5.65 Å². The number of rotatable bonds is 4. The SMILES string of the molecule is Cc1ccccc1CC[C@H]1CCCN(C(=O)c2cnc3c(c2)nnn3C)C1. The van der Waals surface area contributed by atoms with Crippen LogP contribution >= 0.6 is 0 Å². The lowest BCUT2D eigenvalue weighted by Gasteiger charge is -2.33. The lowest BCUT2D eigenvalue weighted by Crippen LogP contribution is -2.40. The highest BCUT2D eigenvalue weighted by Crippen LogP contribution is 2.24. The van der Waals surface area contributed by atoms with Crippen molar-refractivity contribution < 1.29 is 4.79 Å². The molecule has 0 spiro atoms. The van der Waals surface area contributed by atoms with Crippen LogP contribution in [-0.2, 0) is 13.5 Å². The molecule has 1 aromatic carbocycles. The molecular weight excluding hydrogens is 338 g/mol. The number of aryl methyl sites for hydroxylation is 3. The molecule has 3 heterocycles. The summed E-state index contributed by atoms with van der Waals surface area (Å²) >= 11 is 0. The summed E-state index contributed by atoms with van der Waals surface area (Å²) in [6, 6.07) is 10.4. The number of aromatic nitrogens is 4. The van der Waals surface area contributed by atoms with Crippen LogP contribution in [0.4, 0.5) is 0 Å². The van der Waals surface area contributed by atoms with Gasteiger partial charge in [-0.3, -0.25) is 4.79 Å². The maximum absolute atomic E-state index is 13.0. The first kappa shape index (κ1) is 17.6. The summed E-state index contributed by atoms with van der Waals surface area (Å²) in [4.78, 5) is 19.3. The molecule has 6 heteroatoms. The first-order chi connectivity index (χ1) is 13.1. The second kappa shape index (κ2) is 7.47. The van der Waals surface area contributed by atoms with Crippen LogP contribution in [0.25, 0.3) is 11.2 Å². The monoisotopic (exact) mass is 363 g/mol. The fraction of sp³-hybridized carbons (Fsp3) is 0.429. The van der Waals surface area contributed by atoms with Crippen molar-refractivity contribution in [1.29, 1.82) is 0 Å². The molecule has 140 valence electrons. The third-order valence-electron chi connectivity index (χ3n) is 5.58. The van der Waals surface area contributed by atoms with Crippen molar-refractivity contribution in [2.45, 2.75) is 32.6 Å². The number of piperidine rings is 1. The molecule has 1 saturated heterocycles. The number of carbonyl (C=O) groups excluding carboxylic acids is 1. The van der Waals surface area contributed by atoms with Crippen LogP contribution in [0.5, 0.6) is 0 Å². The molecule has 1 aliphatic heterocycles. The molecule has 0 saturated carbocycles. The smallest absolute Gasteiger partial charge is 0.255 e. The van der Waals surface area contributed by atoms with Gasteiger partial charge in [0.05, 0.1) is 5.56 Å². The van der Waals surface area contributed by atoms with Crippen molar-refractivity contribution in [2.75, 3.05) is 13.1 Å². The quantitative estimate of drug-likeness (QED) is 0.714. The zero-order valence-electron chi connectivity index (χ0n) is 15.9. The molecule has 1 atom stereocenters. The molecule has 4 rings (SSSR count). The second-order valence-electron chi connectivity index (χ2n) is 7.50. The van der Waals surface area contributed by atoms with Gasteiger partial charge in [0.25, 0.3) is 5.91 Å². The number of hydrogen-bond acceptors (Lipinski definition) is 4. The highest BCUT2D eigenvalue weighted by molar-refractivity contribution is 5.96. The van der Waals surface area contributed by atoms with Gasteiger partial charge in [0, 0.05) is 26.3 Å². The van der Waals surface area contributed by atoms with Gasteiger partial charge in [-0.05, 0) is 55.7 Å². The predicted molar refractivity (Wildman–Crippen MR) is 104 cm³/mol. The van der Waals surface area contributed by atoms with E-state index in [0.717, 1.165) is 32.4 Å². The zero-order chi connectivity index (χ0) is 18.8. The van der Waals surface area contributed by atoms with Gasteiger partial charge in [-0.2, -0.15) is 0 Å². The zero-order valence-corrected chi connectivity index (χ0v) is 15.9. The lowest BCUT2D eigenvalue weighted by molar-refractivity contribution is 0.0668. The summed E-state index contributed by atoms with van der Waals surface area (Å²) in [6.07, 6.45) is 6.09. The maximum Gasteiger partial charge on any atom is 0.255 e. The van der Waals surface area contributed by atoms with Crippen molar-refractivity contribution in [3.05, 3.63) is 53.2 Å². The van der Waals surface area contributed by atoms with Gasteiger partial charge >= 0.3 is 0 Å². The fourth-order valence-electron chi connectivity index (χ4n) is 3.96. The predicted octanol–water partition coefficient (Wildman–Crippen LogP) is 3.16. The first-order valence-corrected chi connectivity index (χ1v) is 9.61. The summed E-state index contributed by atoms with van der Waals surface area (Å²) in [5.41, 5.74) is 4.73. The number of fused-ring (bicyclic) bond motifs is 1. The van der Waals surface area contributed by atoms with Crippen molar-refractivity contribution in [3.63, 3.8) is 0 Å². The number of amides is 1. The third-order valence-corrected chi connectivity index (χ3v) is 5.58. The molecular formula is C21H25N5O. The molecule has 3 aromatic rings. The molecule has 0 unspecified atom stereocenters. The number of likely N-dealkylation sites (tertiary alicyclic amines) is 1. The van der Waals surface area contributed by atoms with Crippen LogP contribution in [0.3, 0.4) is 0 Å². The van der Waals surface area contributed by atoms with Crippen molar-refractivity contribution in [3.8, 4) is 0 Å². The Morgan fingerprint density at radius 2 is 2.15 bits per heavy atom. The summed E-state index contributed by atoms with van der Waals surface area (Å²) in [7, 11) is 1.80. The van der Waals surface area contributed by atoms with E-state index in [2.05, 4.69) is 46.5 Å². The summed E-state index contributed by atoms with van der Waals surface area (Å²) in [5.74, 6) is 0.603. The highest BCUT2D eigenvalue weighted by Gasteiger charge is 2.25. The molecule has 1 amide bonds. The normalized spacial score (nSPS) is 17.4. The van der Waals surface area contributed by atoms with Crippen LogP contribution in [0.1, 0.15) is 40.7 Å². The third kappa shape index (κ3) is 3.70. The Kier molecular flexibility index (Phi) is 4.88. The number of pyridine rings is 1. The van der Waals surface area contributed by atoms with Crippen molar-refractivity contribution in [1.82, 2.24) is 24.9 Å². The van der Waals surface area contributed by atoms with Gasteiger partial charge in [-0.15, -0.1) is 5.10 Å². The summed E-state index contributed by atoms with van der Waals surface area (Å²) in [6.45, 7) is 3.81. The number of carbonyl (C=O) groups is 1. The van der Waals surface area contributed by atoms with Gasteiger partial charge < -0.3 is 4.90 Å². The minimum Gasteiger partial charge on any atom is -0.338 e. The molecule has 6 nitrogen and oxygen atoms in total. The average Bonchev–Trinajstić information content (AvgIpc) is 3.07. The molecule has 0 N–H and O–H groups in total.